The second-order valence-electron chi connectivity index (χ2n) is 6.31. The van der Waals surface area contributed by atoms with Crippen LogP contribution in [0.1, 0.15) is 51.3 Å². The Bertz CT molecular complexity index is 440. The van der Waals surface area contributed by atoms with E-state index in [4.69, 9.17) is 5.11 Å². The third-order valence-electron chi connectivity index (χ3n) is 3.29. The molecule has 0 saturated heterocycles. The number of aliphatic hydroxyl groups excluding tert-OH is 1. The molecule has 1 aromatic carbocycles. The Hall–Kier alpha value is -1.39. The van der Waals surface area contributed by atoms with Crippen LogP contribution in [0.4, 0.5) is 0 Å². The van der Waals surface area contributed by atoms with E-state index in [1.807, 2.05) is 38.1 Å². The summed E-state index contributed by atoms with van der Waals surface area (Å²) in [5, 5.41) is 22.5. The zero-order valence-corrected chi connectivity index (χ0v) is 13.3. The number of rotatable bonds is 8. The molecule has 2 atom stereocenters. The molecule has 21 heavy (non-hydrogen) atoms. The Kier molecular flexibility index (Phi) is 6.85. The van der Waals surface area contributed by atoms with Gasteiger partial charge in [0.05, 0.1) is 12.5 Å². The molecule has 0 spiro atoms. The summed E-state index contributed by atoms with van der Waals surface area (Å²) in [6.45, 7) is 8.21. The summed E-state index contributed by atoms with van der Waals surface area (Å²) in [7, 11) is 0. The van der Waals surface area contributed by atoms with E-state index in [9.17, 15) is 9.90 Å². The lowest BCUT2D eigenvalue weighted by atomic mass is 9.96. The second kappa shape index (κ2) is 8.15. The highest BCUT2D eigenvalue weighted by Crippen LogP contribution is 2.21. The van der Waals surface area contributed by atoms with Gasteiger partial charge in [-0.1, -0.05) is 52.0 Å². The van der Waals surface area contributed by atoms with Gasteiger partial charge in [-0.05, 0) is 23.5 Å². The number of aliphatic hydroxyl groups is 1. The van der Waals surface area contributed by atoms with Crippen molar-refractivity contribution < 1.29 is 15.0 Å². The third-order valence-corrected chi connectivity index (χ3v) is 3.29. The Labute approximate surface area is 127 Å². The van der Waals surface area contributed by atoms with E-state index in [1.54, 1.807) is 0 Å². The number of aliphatic carboxylic acids is 1. The molecule has 1 aromatic rings. The van der Waals surface area contributed by atoms with Crippen LogP contribution in [-0.4, -0.2) is 28.3 Å². The maximum atomic E-state index is 11.0. The van der Waals surface area contributed by atoms with Gasteiger partial charge in [0.1, 0.15) is 0 Å². The van der Waals surface area contributed by atoms with E-state index >= 15 is 0 Å². The van der Waals surface area contributed by atoms with Crippen LogP contribution in [-0.2, 0) is 11.2 Å². The lowest BCUT2D eigenvalue weighted by molar-refractivity contribution is -0.138. The molecule has 0 radical (unpaired) electrons. The van der Waals surface area contributed by atoms with Crippen LogP contribution in [0.5, 0.6) is 0 Å². The van der Waals surface area contributed by atoms with Gasteiger partial charge >= 0.3 is 5.97 Å². The summed E-state index contributed by atoms with van der Waals surface area (Å²) in [6, 6.07) is 7.42. The zero-order valence-electron chi connectivity index (χ0n) is 13.3. The molecular weight excluding hydrogens is 266 g/mol. The highest BCUT2D eigenvalue weighted by molar-refractivity contribution is 5.67. The third kappa shape index (κ3) is 6.27. The Balaban J connectivity index is 2.82. The summed E-state index contributed by atoms with van der Waals surface area (Å²) >= 11 is 0. The predicted molar refractivity (Wildman–Crippen MR) is 84.3 cm³/mol. The molecule has 0 aromatic heterocycles. The molecule has 3 N–H and O–H groups in total. The number of carbonyl (C=O) groups is 1. The molecule has 0 saturated carbocycles. The fraction of sp³-hybridized carbons (Fsp3) is 0.588. The second-order valence-corrected chi connectivity index (χ2v) is 6.31. The highest BCUT2D eigenvalue weighted by Gasteiger charge is 2.24. The van der Waals surface area contributed by atoms with E-state index in [1.165, 1.54) is 5.56 Å². The monoisotopic (exact) mass is 293 g/mol. The standard InChI is InChI=1S/C17H27NO3/c1-11(2)9-13-5-7-14(8-6-13)17(21)15(10-16(19)20)18-12(3)4/h5-8,11-12,15,17-18,21H,9-10H2,1-4H3,(H,19,20). The first-order valence-corrected chi connectivity index (χ1v) is 7.54. The van der Waals surface area contributed by atoms with Crippen LogP contribution in [0.25, 0.3) is 0 Å². The SMILES string of the molecule is CC(C)Cc1ccc(C(O)C(CC(=O)O)NC(C)C)cc1. The smallest absolute Gasteiger partial charge is 0.305 e. The molecule has 0 fully saturated rings. The molecule has 0 amide bonds. The molecule has 118 valence electrons. The first-order chi connectivity index (χ1) is 9.79. The average Bonchev–Trinajstić information content (AvgIpc) is 2.36. The van der Waals surface area contributed by atoms with E-state index in [2.05, 4.69) is 19.2 Å². The minimum Gasteiger partial charge on any atom is -0.481 e. The van der Waals surface area contributed by atoms with Crippen molar-refractivity contribution in [2.24, 2.45) is 5.92 Å². The lowest BCUT2D eigenvalue weighted by Gasteiger charge is -2.25. The Morgan fingerprint density at radius 2 is 1.71 bits per heavy atom. The van der Waals surface area contributed by atoms with E-state index in [0.29, 0.717) is 5.92 Å². The summed E-state index contributed by atoms with van der Waals surface area (Å²) in [6.07, 6.45) is 0.0725. The van der Waals surface area contributed by atoms with Crippen molar-refractivity contribution in [3.05, 3.63) is 35.4 Å². The summed E-state index contributed by atoms with van der Waals surface area (Å²) in [5.74, 6) is -0.327. The average molecular weight is 293 g/mol. The lowest BCUT2D eigenvalue weighted by Crippen LogP contribution is -2.40. The fourth-order valence-corrected chi connectivity index (χ4v) is 2.43. The Morgan fingerprint density at radius 1 is 1.14 bits per heavy atom. The van der Waals surface area contributed by atoms with Gasteiger partial charge in [0.25, 0.3) is 0 Å². The minimum atomic E-state index is -0.913. The van der Waals surface area contributed by atoms with Crippen molar-refractivity contribution in [3.8, 4) is 0 Å². The van der Waals surface area contributed by atoms with Crippen LogP contribution in [0.15, 0.2) is 24.3 Å². The summed E-state index contributed by atoms with van der Waals surface area (Å²) in [5.41, 5.74) is 1.98. The van der Waals surface area contributed by atoms with Crippen molar-refractivity contribution in [3.63, 3.8) is 0 Å². The van der Waals surface area contributed by atoms with Gasteiger partial charge in [0, 0.05) is 12.1 Å². The molecule has 4 nitrogen and oxygen atoms in total. The van der Waals surface area contributed by atoms with Crippen LogP contribution in [0.2, 0.25) is 0 Å². The molecule has 2 unspecified atom stereocenters. The number of carboxylic acid groups (broad SMARTS) is 1. The molecule has 0 bridgehead atoms. The molecule has 0 heterocycles. The number of benzene rings is 1. The maximum absolute atomic E-state index is 11.0. The van der Waals surface area contributed by atoms with E-state index < -0.39 is 18.1 Å². The van der Waals surface area contributed by atoms with Crippen molar-refractivity contribution in [2.45, 2.75) is 58.7 Å². The van der Waals surface area contributed by atoms with Crippen molar-refractivity contribution in [1.82, 2.24) is 5.32 Å². The first kappa shape index (κ1) is 17.7. The zero-order chi connectivity index (χ0) is 16.0. The van der Waals surface area contributed by atoms with Crippen LogP contribution < -0.4 is 5.32 Å². The van der Waals surface area contributed by atoms with Gasteiger partial charge in [-0.15, -0.1) is 0 Å². The fourth-order valence-electron chi connectivity index (χ4n) is 2.43. The maximum Gasteiger partial charge on any atom is 0.305 e. The molecule has 0 aliphatic carbocycles. The molecule has 0 aliphatic rings. The van der Waals surface area contributed by atoms with Gasteiger partial charge in [-0.25, -0.2) is 0 Å². The minimum absolute atomic E-state index is 0.104. The molecule has 0 aliphatic heterocycles. The van der Waals surface area contributed by atoms with Gasteiger partial charge in [0.15, 0.2) is 0 Å². The number of carboxylic acids is 1. The van der Waals surface area contributed by atoms with Crippen molar-refractivity contribution >= 4 is 5.97 Å². The number of nitrogens with one attached hydrogen (secondary N) is 1. The van der Waals surface area contributed by atoms with Gasteiger partial charge in [-0.2, -0.15) is 0 Å². The van der Waals surface area contributed by atoms with Crippen molar-refractivity contribution in [1.29, 1.82) is 0 Å². The van der Waals surface area contributed by atoms with Gasteiger partial charge in [0.2, 0.25) is 0 Å². The van der Waals surface area contributed by atoms with E-state index in [0.717, 1.165) is 12.0 Å². The quantitative estimate of drug-likeness (QED) is 0.689. The normalized spacial score (nSPS) is 14.4. The van der Waals surface area contributed by atoms with E-state index in [-0.39, 0.29) is 12.5 Å². The topological polar surface area (TPSA) is 69.6 Å². The van der Waals surface area contributed by atoms with Gasteiger partial charge < -0.3 is 15.5 Å². The van der Waals surface area contributed by atoms with Crippen LogP contribution in [0.3, 0.4) is 0 Å². The summed E-state index contributed by atoms with van der Waals surface area (Å²) < 4.78 is 0. The largest absolute Gasteiger partial charge is 0.481 e. The first-order valence-electron chi connectivity index (χ1n) is 7.54. The highest BCUT2D eigenvalue weighted by atomic mass is 16.4. The summed E-state index contributed by atoms with van der Waals surface area (Å²) in [4.78, 5) is 11.0. The number of hydrogen-bond acceptors (Lipinski definition) is 3. The van der Waals surface area contributed by atoms with Crippen LogP contribution in [0, 0.1) is 5.92 Å². The molecule has 1 rings (SSSR count). The predicted octanol–water partition coefficient (Wildman–Crippen LogP) is 2.76. The molecule has 4 heteroatoms. The number of hydrogen-bond donors (Lipinski definition) is 3. The van der Waals surface area contributed by atoms with Crippen molar-refractivity contribution in [2.75, 3.05) is 0 Å². The van der Waals surface area contributed by atoms with Crippen LogP contribution >= 0.6 is 0 Å². The molecular formula is C17H27NO3. The van der Waals surface area contributed by atoms with Gasteiger partial charge in [-0.3, -0.25) is 4.79 Å². The Morgan fingerprint density at radius 3 is 2.14 bits per heavy atom.